The minimum atomic E-state index is -0.196. The van der Waals surface area contributed by atoms with Crippen molar-refractivity contribution in [3.8, 4) is 0 Å². The van der Waals surface area contributed by atoms with Crippen LogP contribution in [0.3, 0.4) is 0 Å². The molecule has 1 saturated carbocycles. The van der Waals surface area contributed by atoms with Crippen molar-refractivity contribution < 1.29 is 9.53 Å². The van der Waals surface area contributed by atoms with Crippen molar-refractivity contribution in [2.24, 2.45) is 11.7 Å². The van der Waals surface area contributed by atoms with Gasteiger partial charge in [0.1, 0.15) is 6.61 Å². The number of carbonyl (C=O) groups excluding carboxylic acids is 1. The van der Waals surface area contributed by atoms with E-state index in [1.165, 1.54) is 19.3 Å². The van der Waals surface area contributed by atoms with Gasteiger partial charge >= 0.3 is 6.09 Å². The fourth-order valence-corrected chi connectivity index (χ4v) is 3.79. The molecule has 1 saturated heterocycles. The van der Waals surface area contributed by atoms with Crippen LogP contribution in [-0.2, 0) is 11.3 Å². The van der Waals surface area contributed by atoms with Gasteiger partial charge in [-0.1, -0.05) is 36.8 Å². The van der Waals surface area contributed by atoms with E-state index in [-0.39, 0.29) is 18.5 Å². The fraction of sp³-hybridized carbons (Fsp3) is 0.632. The topological polar surface area (TPSA) is 58.8 Å². The Balaban J connectivity index is 0.00000225. The number of benzene rings is 1. The molecular weight excluding hydrogens is 338 g/mol. The number of rotatable bonds is 4. The summed E-state index contributed by atoms with van der Waals surface area (Å²) in [5, 5.41) is 0. The van der Waals surface area contributed by atoms with Gasteiger partial charge in [0.05, 0.1) is 0 Å². The first-order valence-electron chi connectivity index (χ1n) is 9.14. The second-order valence-corrected chi connectivity index (χ2v) is 7.12. The van der Waals surface area contributed by atoms with E-state index in [9.17, 15) is 4.79 Å². The van der Waals surface area contributed by atoms with Crippen LogP contribution in [0.4, 0.5) is 4.79 Å². The summed E-state index contributed by atoms with van der Waals surface area (Å²) in [6, 6.07) is 10.2. The summed E-state index contributed by atoms with van der Waals surface area (Å²) in [6.45, 7) is 4.86. The van der Waals surface area contributed by atoms with Crippen LogP contribution >= 0.6 is 12.4 Å². The molecule has 5 nitrogen and oxygen atoms in total. The lowest BCUT2D eigenvalue weighted by Crippen LogP contribution is -2.50. The number of hydrogen-bond donors (Lipinski definition) is 1. The Bertz CT molecular complexity index is 521. The van der Waals surface area contributed by atoms with E-state index >= 15 is 0 Å². The molecule has 1 amide bonds. The summed E-state index contributed by atoms with van der Waals surface area (Å²) < 4.78 is 5.42. The molecule has 6 heteroatoms. The lowest BCUT2D eigenvalue weighted by molar-refractivity contribution is 0.0654. The van der Waals surface area contributed by atoms with E-state index in [0.29, 0.717) is 12.6 Å². The van der Waals surface area contributed by atoms with E-state index in [1.54, 1.807) is 0 Å². The third-order valence-electron chi connectivity index (χ3n) is 5.18. The van der Waals surface area contributed by atoms with Crippen molar-refractivity contribution in [2.75, 3.05) is 32.7 Å². The van der Waals surface area contributed by atoms with Crippen molar-refractivity contribution in [2.45, 2.75) is 38.3 Å². The van der Waals surface area contributed by atoms with E-state index in [0.717, 1.165) is 50.6 Å². The van der Waals surface area contributed by atoms with Gasteiger partial charge in [-0.15, -0.1) is 12.4 Å². The summed E-state index contributed by atoms with van der Waals surface area (Å²) in [4.78, 5) is 16.5. The van der Waals surface area contributed by atoms with Gasteiger partial charge in [0.2, 0.25) is 0 Å². The van der Waals surface area contributed by atoms with Crippen LogP contribution in [0.15, 0.2) is 30.3 Å². The number of nitrogens with zero attached hydrogens (tertiary/aromatic N) is 2. The van der Waals surface area contributed by atoms with E-state index in [4.69, 9.17) is 10.5 Å². The molecule has 0 radical (unpaired) electrons. The quantitative estimate of drug-likeness (QED) is 0.888. The maximum Gasteiger partial charge on any atom is 0.410 e. The highest BCUT2D eigenvalue weighted by molar-refractivity contribution is 5.85. The molecule has 2 N–H and O–H groups in total. The minimum Gasteiger partial charge on any atom is -0.445 e. The smallest absolute Gasteiger partial charge is 0.410 e. The van der Waals surface area contributed by atoms with Gasteiger partial charge in [-0.25, -0.2) is 4.79 Å². The van der Waals surface area contributed by atoms with Crippen LogP contribution in [0, 0.1) is 5.92 Å². The van der Waals surface area contributed by atoms with E-state index in [1.807, 2.05) is 35.2 Å². The third kappa shape index (κ3) is 6.17. The number of piperazine rings is 1. The minimum absolute atomic E-state index is 0. The molecule has 3 rings (SSSR count). The first-order valence-corrected chi connectivity index (χ1v) is 9.14. The predicted molar refractivity (Wildman–Crippen MR) is 102 cm³/mol. The standard InChI is InChI=1S/C19H29N3O2.ClH/c20-18-8-4-7-17(13-18)14-21-9-11-22(12-10-21)19(23)24-15-16-5-2-1-3-6-16;/h1-3,5-6,17-18H,4,7-15,20H2;1H/t17-,18+;/m0./s1. The average molecular weight is 368 g/mol. The lowest BCUT2D eigenvalue weighted by Gasteiger charge is -2.37. The zero-order chi connectivity index (χ0) is 16.8. The number of halogens is 1. The molecule has 25 heavy (non-hydrogen) atoms. The van der Waals surface area contributed by atoms with Crippen LogP contribution in [-0.4, -0.2) is 54.7 Å². The number of hydrogen-bond acceptors (Lipinski definition) is 4. The predicted octanol–water partition coefficient (Wildman–Crippen LogP) is 2.88. The van der Waals surface area contributed by atoms with Crippen LogP contribution in [0.25, 0.3) is 0 Å². The van der Waals surface area contributed by atoms with Gasteiger partial charge in [0.25, 0.3) is 0 Å². The molecule has 1 heterocycles. The Hall–Kier alpha value is -1.30. The Kier molecular flexibility index (Phi) is 8.00. The second kappa shape index (κ2) is 10.00. The highest BCUT2D eigenvalue weighted by Crippen LogP contribution is 2.24. The number of ether oxygens (including phenoxy) is 1. The highest BCUT2D eigenvalue weighted by atomic mass is 35.5. The molecule has 1 aliphatic carbocycles. The number of amides is 1. The average Bonchev–Trinajstić information content (AvgIpc) is 2.61. The van der Waals surface area contributed by atoms with Crippen LogP contribution in [0.1, 0.15) is 31.2 Å². The zero-order valence-corrected chi connectivity index (χ0v) is 15.6. The Morgan fingerprint density at radius 1 is 1.12 bits per heavy atom. The summed E-state index contributed by atoms with van der Waals surface area (Å²) >= 11 is 0. The van der Waals surface area contributed by atoms with Gasteiger partial charge < -0.3 is 15.4 Å². The Morgan fingerprint density at radius 2 is 1.84 bits per heavy atom. The number of carbonyl (C=O) groups is 1. The Morgan fingerprint density at radius 3 is 2.52 bits per heavy atom. The van der Waals surface area contributed by atoms with Gasteiger partial charge in [-0.05, 0) is 30.7 Å². The maximum atomic E-state index is 12.2. The molecule has 1 aliphatic heterocycles. The van der Waals surface area contributed by atoms with Crippen LogP contribution in [0.2, 0.25) is 0 Å². The second-order valence-electron chi connectivity index (χ2n) is 7.12. The largest absolute Gasteiger partial charge is 0.445 e. The SMILES string of the molecule is Cl.N[C@@H]1CCC[C@H](CN2CCN(C(=O)OCc3ccccc3)CC2)C1. The van der Waals surface area contributed by atoms with Crippen molar-refractivity contribution in [3.05, 3.63) is 35.9 Å². The summed E-state index contributed by atoms with van der Waals surface area (Å²) in [5.41, 5.74) is 7.11. The van der Waals surface area contributed by atoms with Crippen molar-refractivity contribution in [1.29, 1.82) is 0 Å². The highest BCUT2D eigenvalue weighted by Gasteiger charge is 2.26. The Labute approximate surface area is 156 Å². The van der Waals surface area contributed by atoms with Gasteiger partial charge in [-0.2, -0.15) is 0 Å². The van der Waals surface area contributed by atoms with Crippen LogP contribution in [0.5, 0.6) is 0 Å². The van der Waals surface area contributed by atoms with Crippen LogP contribution < -0.4 is 5.73 Å². The molecule has 140 valence electrons. The molecule has 1 aromatic rings. The molecule has 1 aromatic carbocycles. The molecule has 2 aliphatic rings. The summed E-state index contributed by atoms with van der Waals surface area (Å²) in [6.07, 6.45) is 4.69. The monoisotopic (exact) mass is 367 g/mol. The van der Waals surface area contributed by atoms with E-state index < -0.39 is 0 Å². The fourth-order valence-electron chi connectivity index (χ4n) is 3.79. The molecule has 0 spiro atoms. The molecular formula is C19H30ClN3O2. The summed E-state index contributed by atoms with van der Waals surface area (Å²) in [5.74, 6) is 0.727. The zero-order valence-electron chi connectivity index (χ0n) is 14.8. The molecule has 2 atom stereocenters. The van der Waals surface area contributed by atoms with E-state index in [2.05, 4.69) is 4.90 Å². The maximum absolute atomic E-state index is 12.2. The third-order valence-corrected chi connectivity index (χ3v) is 5.18. The molecule has 0 bridgehead atoms. The van der Waals surface area contributed by atoms with Crippen molar-refractivity contribution >= 4 is 18.5 Å². The van der Waals surface area contributed by atoms with Crippen molar-refractivity contribution in [1.82, 2.24) is 9.80 Å². The van der Waals surface area contributed by atoms with Gasteiger partial charge in [0, 0.05) is 38.8 Å². The summed E-state index contributed by atoms with van der Waals surface area (Å²) in [7, 11) is 0. The normalized spacial score (nSPS) is 24.4. The molecule has 0 aromatic heterocycles. The lowest BCUT2D eigenvalue weighted by atomic mass is 9.86. The first kappa shape index (κ1) is 20.0. The van der Waals surface area contributed by atoms with Gasteiger partial charge in [-0.3, -0.25) is 4.90 Å². The van der Waals surface area contributed by atoms with Crippen molar-refractivity contribution in [3.63, 3.8) is 0 Å². The van der Waals surface area contributed by atoms with Gasteiger partial charge in [0.15, 0.2) is 0 Å². The molecule has 2 fully saturated rings. The first-order chi connectivity index (χ1) is 11.7. The molecule has 0 unspecified atom stereocenters. The number of nitrogens with two attached hydrogens (primary N) is 1.